The summed E-state index contributed by atoms with van der Waals surface area (Å²) in [6.07, 6.45) is 1.68. The number of carbonyl (C=O) groups is 1. The lowest BCUT2D eigenvalue weighted by Gasteiger charge is -2.19. The number of aromatic nitrogens is 3. The van der Waals surface area contributed by atoms with Crippen molar-refractivity contribution in [3.05, 3.63) is 42.5 Å². The van der Waals surface area contributed by atoms with Crippen LogP contribution in [0.5, 0.6) is 5.75 Å². The molecule has 30 heavy (non-hydrogen) atoms. The van der Waals surface area contributed by atoms with Gasteiger partial charge in [0.15, 0.2) is 0 Å². The van der Waals surface area contributed by atoms with Crippen molar-refractivity contribution < 1.29 is 17.9 Å². The lowest BCUT2D eigenvalue weighted by Crippen LogP contribution is -2.28. The monoisotopic (exact) mass is 429 g/mol. The third-order valence-corrected chi connectivity index (χ3v) is 6.84. The molecule has 0 unspecified atom stereocenters. The number of hydrogen-bond donors (Lipinski definition) is 1. The number of ether oxygens (including phenoxy) is 1. The Hall–Kier alpha value is -2.98. The summed E-state index contributed by atoms with van der Waals surface area (Å²) in [6, 6.07) is 12.0. The Kier molecular flexibility index (Phi) is 5.69. The van der Waals surface area contributed by atoms with Crippen molar-refractivity contribution in [1.29, 1.82) is 0 Å². The van der Waals surface area contributed by atoms with Crippen molar-refractivity contribution in [3.63, 3.8) is 0 Å². The molecule has 2 heterocycles. The molecule has 0 bridgehead atoms. The van der Waals surface area contributed by atoms with Crippen LogP contribution in [0.15, 0.2) is 47.4 Å². The van der Waals surface area contributed by atoms with Crippen molar-refractivity contribution >= 4 is 32.7 Å². The summed E-state index contributed by atoms with van der Waals surface area (Å²) in [4.78, 5) is 12.6. The molecule has 0 radical (unpaired) electrons. The van der Waals surface area contributed by atoms with Crippen molar-refractivity contribution in [3.8, 4) is 5.75 Å². The van der Waals surface area contributed by atoms with Crippen LogP contribution >= 0.6 is 0 Å². The fourth-order valence-corrected chi connectivity index (χ4v) is 5.17. The van der Waals surface area contributed by atoms with Crippen molar-refractivity contribution in [2.75, 3.05) is 25.0 Å². The first-order valence-corrected chi connectivity index (χ1v) is 11.3. The maximum atomic E-state index is 13.1. The molecule has 2 aromatic carbocycles. The first-order chi connectivity index (χ1) is 14.5. The number of nitrogens with one attached hydrogen (secondary N) is 1. The smallest absolute Gasteiger partial charge is 0.246 e. The van der Waals surface area contributed by atoms with Gasteiger partial charge in [0.05, 0.1) is 12.1 Å². The highest BCUT2D eigenvalue weighted by molar-refractivity contribution is 7.89. The number of amides is 1. The highest BCUT2D eigenvalue weighted by Gasteiger charge is 2.30. The first-order valence-electron chi connectivity index (χ1n) is 9.84. The molecule has 0 spiro atoms. The van der Waals surface area contributed by atoms with Crippen molar-refractivity contribution in [1.82, 2.24) is 19.3 Å². The number of carbonyl (C=O) groups excluding carboxylic acids is 1. The van der Waals surface area contributed by atoms with E-state index in [1.807, 2.05) is 24.3 Å². The van der Waals surface area contributed by atoms with Gasteiger partial charge in [-0.15, -0.1) is 5.10 Å². The number of sulfonamides is 1. The van der Waals surface area contributed by atoms with E-state index in [1.54, 1.807) is 19.1 Å². The van der Waals surface area contributed by atoms with Gasteiger partial charge >= 0.3 is 0 Å². The Bertz CT molecular complexity index is 1170. The second kappa shape index (κ2) is 8.41. The Labute approximate surface area is 174 Å². The van der Waals surface area contributed by atoms with Crippen LogP contribution in [0, 0.1) is 0 Å². The SMILES string of the molecule is CCOc1ccc(NC(=O)Cn2nnc3ccccc32)cc1S(=O)(=O)N1CCCC1. The third-order valence-electron chi connectivity index (χ3n) is 4.92. The molecule has 1 aliphatic heterocycles. The summed E-state index contributed by atoms with van der Waals surface area (Å²) < 4.78 is 34.7. The molecular weight excluding hydrogens is 406 g/mol. The summed E-state index contributed by atoms with van der Waals surface area (Å²) in [5, 5.41) is 10.8. The molecule has 1 aromatic heterocycles. The Balaban J connectivity index is 1.57. The molecule has 158 valence electrons. The molecule has 1 amide bonds. The summed E-state index contributed by atoms with van der Waals surface area (Å²) >= 11 is 0. The van der Waals surface area contributed by atoms with E-state index in [-0.39, 0.29) is 23.1 Å². The first kappa shape index (κ1) is 20.3. The fraction of sp³-hybridized carbons (Fsp3) is 0.350. The number of anilines is 1. The van der Waals surface area contributed by atoms with Gasteiger partial charge in [-0.25, -0.2) is 13.1 Å². The number of hydrogen-bond acceptors (Lipinski definition) is 6. The maximum absolute atomic E-state index is 13.1. The van der Waals surface area contributed by atoms with Gasteiger partial charge in [0.2, 0.25) is 15.9 Å². The highest BCUT2D eigenvalue weighted by Crippen LogP contribution is 2.31. The zero-order valence-corrected chi connectivity index (χ0v) is 17.4. The summed E-state index contributed by atoms with van der Waals surface area (Å²) in [6.45, 7) is 3.08. The second-order valence-corrected chi connectivity index (χ2v) is 8.90. The van der Waals surface area contributed by atoms with E-state index in [4.69, 9.17) is 4.74 Å². The Morgan fingerprint density at radius 1 is 1.17 bits per heavy atom. The van der Waals surface area contributed by atoms with Crippen LogP contribution in [-0.4, -0.2) is 53.3 Å². The standard InChI is InChI=1S/C20H23N5O4S/c1-2-29-18-10-9-15(13-19(18)30(27,28)24-11-5-6-12-24)21-20(26)14-25-17-8-4-3-7-16(17)22-23-25/h3-4,7-10,13H,2,5-6,11-12,14H2,1H3,(H,21,26). The largest absolute Gasteiger partial charge is 0.492 e. The van der Waals surface area contributed by atoms with Gasteiger partial charge in [-0.3, -0.25) is 4.79 Å². The van der Waals surface area contributed by atoms with Crippen LogP contribution in [0.3, 0.4) is 0 Å². The topological polar surface area (TPSA) is 106 Å². The van der Waals surface area contributed by atoms with Crippen LogP contribution < -0.4 is 10.1 Å². The summed E-state index contributed by atoms with van der Waals surface area (Å²) in [5.74, 6) is -0.0518. The average molecular weight is 430 g/mol. The molecule has 0 aliphatic carbocycles. The number of rotatable bonds is 7. The lowest BCUT2D eigenvalue weighted by molar-refractivity contribution is -0.116. The molecule has 1 N–H and O–H groups in total. The molecule has 0 saturated carbocycles. The van der Waals surface area contributed by atoms with E-state index in [0.29, 0.717) is 30.9 Å². The quantitative estimate of drug-likeness (QED) is 0.617. The average Bonchev–Trinajstić information content (AvgIpc) is 3.40. The van der Waals surface area contributed by atoms with Gasteiger partial charge in [-0.05, 0) is 50.1 Å². The minimum atomic E-state index is -3.70. The van der Waals surface area contributed by atoms with Crippen LogP contribution in [0.4, 0.5) is 5.69 Å². The Morgan fingerprint density at radius 2 is 1.93 bits per heavy atom. The highest BCUT2D eigenvalue weighted by atomic mass is 32.2. The molecular formula is C20H23N5O4S. The minimum absolute atomic E-state index is 0.0397. The second-order valence-electron chi connectivity index (χ2n) is 6.99. The van der Waals surface area contributed by atoms with Crippen LogP contribution in [0.2, 0.25) is 0 Å². The van der Waals surface area contributed by atoms with Crippen LogP contribution in [-0.2, 0) is 21.4 Å². The van der Waals surface area contributed by atoms with Crippen LogP contribution in [0.25, 0.3) is 11.0 Å². The zero-order chi connectivity index (χ0) is 21.1. The van der Waals surface area contributed by atoms with Gasteiger partial charge in [0, 0.05) is 18.8 Å². The molecule has 9 nitrogen and oxygen atoms in total. The number of fused-ring (bicyclic) bond motifs is 1. The van der Waals surface area contributed by atoms with Gasteiger partial charge in [0.25, 0.3) is 0 Å². The normalized spacial score (nSPS) is 14.8. The molecule has 3 aromatic rings. The van der Waals surface area contributed by atoms with Gasteiger partial charge < -0.3 is 10.1 Å². The van der Waals surface area contributed by atoms with E-state index in [0.717, 1.165) is 18.4 Å². The third kappa shape index (κ3) is 4.01. The molecule has 4 rings (SSSR count). The van der Waals surface area contributed by atoms with Crippen LogP contribution in [0.1, 0.15) is 19.8 Å². The predicted molar refractivity (Wildman–Crippen MR) is 112 cm³/mol. The van der Waals surface area contributed by atoms with E-state index < -0.39 is 10.0 Å². The minimum Gasteiger partial charge on any atom is -0.492 e. The van der Waals surface area contributed by atoms with Gasteiger partial charge in [-0.2, -0.15) is 4.31 Å². The molecule has 0 atom stereocenters. The molecule has 10 heteroatoms. The van der Waals surface area contributed by atoms with Crippen molar-refractivity contribution in [2.45, 2.75) is 31.2 Å². The fourth-order valence-electron chi connectivity index (χ4n) is 3.50. The number of nitrogens with zero attached hydrogens (tertiary/aromatic N) is 4. The van der Waals surface area contributed by atoms with Gasteiger partial charge in [-0.1, -0.05) is 17.3 Å². The number of benzene rings is 2. The number of para-hydroxylation sites is 1. The van der Waals surface area contributed by atoms with Crippen molar-refractivity contribution in [2.24, 2.45) is 0 Å². The zero-order valence-electron chi connectivity index (χ0n) is 16.6. The molecule has 1 aliphatic rings. The summed E-state index contributed by atoms with van der Waals surface area (Å²) in [5.41, 5.74) is 1.83. The van der Waals surface area contributed by atoms with E-state index in [2.05, 4.69) is 15.6 Å². The molecule has 1 saturated heterocycles. The van der Waals surface area contributed by atoms with E-state index in [1.165, 1.54) is 15.1 Å². The molecule has 1 fully saturated rings. The maximum Gasteiger partial charge on any atom is 0.246 e. The summed E-state index contributed by atoms with van der Waals surface area (Å²) in [7, 11) is -3.70. The van der Waals surface area contributed by atoms with Gasteiger partial charge in [0.1, 0.15) is 22.7 Å². The Morgan fingerprint density at radius 3 is 2.70 bits per heavy atom. The predicted octanol–water partition coefficient (Wildman–Crippen LogP) is 2.25. The van der Waals surface area contributed by atoms with E-state index in [9.17, 15) is 13.2 Å². The van der Waals surface area contributed by atoms with E-state index >= 15 is 0 Å². The lowest BCUT2D eigenvalue weighted by atomic mass is 10.3.